The van der Waals surface area contributed by atoms with Crippen molar-refractivity contribution in [3.05, 3.63) is 145 Å². The van der Waals surface area contributed by atoms with Crippen LogP contribution in [-0.4, -0.2) is 81.6 Å². The zero-order valence-electron chi connectivity index (χ0n) is 39.1. The number of benzene rings is 4. The van der Waals surface area contributed by atoms with E-state index in [9.17, 15) is 30.0 Å². The van der Waals surface area contributed by atoms with Crippen molar-refractivity contribution in [2.45, 2.75) is 52.6 Å². The van der Waals surface area contributed by atoms with E-state index in [-0.39, 0.29) is 79.9 Å². The van der Waals surface area contributed by atoms with Crippen molar-refractivity contribution in [3.63, 3.8) is 0 Å². The Hall–Kier alpha value is -7.04. The molecule has 4 aromatic carbocycles. The molecule has 8 aromatic rings. The molecule has 18 heteroatoms. The van der Waals surface area contributed by atoms with Crippen LogP contribution in [0.4, 0.5) is 0 Å². The van der Waals surface area contributed by atoms with E-state index in [1.807, 2.05) is 52.0 Å². The maximum Gasteiger partial charge on any atom is 2.00 e. The third-order valence-electron chi connectivity index (χ3n) is 9.87. The van der Waals surface area contributed by atoms with Crippen molar-refractivity contribution < 1.29 is 84.6 Å². The Bertz CT molecular complexity index is 2650. The van der Waals surface area contributed by atoms with Gasteiger partial charge in [0.15, 0.2) is 0 Å². The number of methoxy groups -OCH3 is 2. The molecule has 0 aliphatic carbocycles. The summed E-state index contributed by atoms with van der Waals surface area (Å²) in [6.07, 6.45) is 10.5. The van der Waals surface area contributed by atoms with Crippen molar-refractivity contribution in [1.82, 2.24) is 19.9 Å². The number of fused-ring (bicyclic) bond motifs is 6. The molecule has 0 unspecified atom stereocenters. The molecule has 4 N–H and O–H groups in total. The standard InChI is InChI=1S/2C14H19NO4.2C12H8N2.2Cu.2H2O/c2*1-9(2)7-11(14(17)18)15-8-10-5-4-6-12(19-3)13(10)16;2*1-3-9-5-6-10-4-2-8-14-12(10)11(9)13-7-1;;;;/h2*4-6,8-9,11,16H,7H2,1-3H3,(H,17,18);2*1-8H;;;2*1H2/q;;;;2*+2;;/p-4/t2*11-;;;;;;/m00....../s1. The minimum Gasteiger partial charge on any atom is -0.870 e. The van der Waals surface area contributed by atoms with Crippen LogP contribution in [0.1, 0.15) is 51.7 Å². The van der Waals surface area contributed by atoms with Gasteiger partial charge in [0.05, 0.1) is 60.3 Å². The van der Waals surface area contributed by atoms with E-state index in [4.69, 9.17) is 9.47 Å². The third kappa shape index (κ3) is 17.2. The number of hydrogen-bond acceptors (Lipinski definition) is 14. The van der Waals surface area contributed by atoms with Crippen molar-refractivity contribution in [2.24, 2.45) is 21.8 Å². The van der Waals surface area contributed by atoms with Crippen LogP contribution in [-0.2, 0) is 43.7 Å². The van der Waals surface area contributed by atoms with E-state index in [1.54, 1.807) is 61.2 Å². The summed E-state index contributed by atoms with van der Waals surface area (Å²) in [6, 6.07) is 31.9. The average Bonchev–Trinajstić information content (AvgIpc) is 3.32. The van der Waals surface area contributed by atoms with Crippen LogP contribution in [0.5, 0.6) is 23.0 Å². The second-order valence-electron chi connectivity index (χ2n) is 15.7. The molecule has 0 spiro atoms. The van der Waals surface area contributed by atoms with Gasteiger partial charge in [0.1, 0.15) is 11.5 Å². The summed E-state index contributed by atoms with van der Waals surface area (Å²) in [6.45, 7) is 7.60. The molecule has 4 heterocycles. The smallest absolute Gasteiger partial charge is 0.870 e. The summed E-state index contributed by atoms with van der Waals surface area (Å²) < 4.78 is 9.80. The van der Waals surface area contributed by atoms with Crippen LogP contribution in [0.15, 0.2) is 144 Å². The van der Waals surface area contributed by atoms with Crippen molar-refractivity contribution in [1.29, 1.82) is 0 Å². The number of carbonyl (C=O) groups excluding carboxylic acids is 2. The number of para-hydroxylation sites is 2. The van der Waals surface area contributed by atoms with Gasteiger partial charge in [0, 0.05) is 58.8 Å². The summed E-state index contributed by atoms with van der Waals surface area (Å²) in [7, 11) is 2.81. The number of nitrogens with zero attached hydrogens (tertiary/aromatic N) is 6. The fourth-order valence-corrected chi connectivity index (χ4v) is 6.62. The Labute approximate surface area is 427 Å². The Morgan fingerprint density at radius 3 is 1.03 bits per heavy atom. The largest absolute Gasteiger partial charge is 2.00 e. The summed E-state index contributed by atoms with van der Waals surface area (Å²) in [5, 5.41) is 50.1. The molecule has 0 saturated carbocycles. The van der Waals surface area contributed by atoms with Crippen LogP contribution in [0.25, 0.3) is 43.6 Å². The predicted molar refractivity (Wildman–Crippen MR) is 258 cm³/mol. The van der Waals surface area contributed by atoms with Gasteiger partial charge in [-0.25, -0.2) is 0 Å². The molecule has 0 aliphatic heterocycles. The number of ether oxygens (including phenoxy) is 2. The molecule has 374 valence electrons. The maximum absolute atomic E-state index is 11.8. The first-order chi connectivity index (χ1) is 31.8. The summed E-state index contributed by atoms with van der Waals surface area (Å²) >= 11 is 0. The van der Waals surface area contributed by atoms with E-state index in [0.717, 1.165) is 43.6 Å². The van der Waals surface area contributed by atoms with Crippen LogP contribution in [0.3, 0.4) is 0 Å². The van der Waals surface area contributed by atoms with Gasteiger partial charge in [-0.1, -0.05) is 112 Å². The third-order valence-corrected chi connectivity index (χ3v) is 9.87. The zero-order chi connectivity index (χ0) is 47.6. The van der Waals surface area contributed by atoms with E-state index in [0.29, 0.717) is 24.0 Å². The molecule has 0 amide bonds. The Balaban J connectivity index is 0.000000461. The van der Waals surface area contributed by atoms with Gasteiger partial charge in [0.2, 0.25) is 0 Å². The molecule has 70 heavy (non-hydrogen) atoms. The quantitative estimate of drug-likeness (QED) is 0.0921. The number of carboxylic acid groups (broad SMARTS) is 2. The minimum absolute atomic E-state index is 0. The van der Waals surface area contributed by atoms with Gasteiger partial charge in [-0.3, -0.25) is 29.9 Å². The Morgan fingerprint density at radius 1 is 0.500 bits per heavy atom. The fraction of sp³-hybridized carbons (Fsp3) is 0.231. The Kier molecular flexibility index (Phi) is 26.5. The van der Waals surface area contributed by atoms with Gasteiger partial charge in [0.25, 0.3) is 0 Å². The summed E-state index contributed by atoms with van der Waals surface area (Å²) in [4.78, 5) is 47.1. The monoisotopic (exact) mass is 1050 g/mol. The van der Waals surface area contributed by atoms with Crippen molar-refractivity contribution >= 4 is 68.0 Å². The molecule has 0 fully saturated rings. The van der Waals surface area contributed by atoms with Crippen molar-refractivity contribution in [3.8, 4) is 23.0 Å². The van der Waals surface area contributed by atoms with Gasteiger partial charge in [-0.15, -0.1) is 0 Å². The number of carboxylic acids is 2. The number of hydrogen-bond donors (Lipinski definition) is 0. The van der Waals surface area contributed by atoms with Gasteiger partial charge in [-0.05, 0) is 72.2 Å². The predicted octanol–water partition coefficient (Wildman–Crippen LogP) is 4.62. The van der Waals surface area contributed by atoms with Gasteiger partial charge in [-0.2, -0.15) is 0 Å². The summed E-state index contributed by atoms with van der Waals surface area (Å²) in [5.74, 6) is -2.32. The first-order valence-corrected chi connectivity index (χ1v) is 21.1. The van der Waals surface area contributed by atoms with Crippen LogP contribution >= 0.6 is 0 Å². The zero-order valence-corrected chi connectivity index (χ0v) is 41.0. The maximum atomic E-state index is 11.8. The molecule has 8 rings (SSSR count). The van der Waals surface area contributed by atoms with E-state index < -0.39 is 24.0 Å². The summed E-state index contributed by atoms with van der Waals surface area (Å²) in [5.41, 5.74) is 4.51. The molecular formula is C52H54Cu2N6O10. The second-order valence-corrected chi connectivity index (χ2v) is 15.7. The normalized spacial score (nSPS) is 11.3. The molecule has 4 aromatic heterocycles. The molecule has 2 atom stereocenters. The van der Waals surface area contributed by atoms with Crippen LogP contribution in [0, 0.1) is 11.8 Å². The Morgan fingerprint density at radius 2 is 0.786 bits per heavy atom. The molecule has 16 nitrogen and oxygen atoms in total. The number of carbonyl (C=O) groups is 2. The first-order valence-electron chi connectivity index (χ1n) is 21.1. The fourth-order valence-electron chi connectivity index (χ4n) is 6.62. The second kappa shape index (κ2) is 30.4. The number of aliphatic carboxylic acids is 2. The van der Waals surface area contributed by atoms with Crippen LogP contribution < -0.4 is 29.9 Å². The number of pyridine rings is 4. The molecule has 0 aliphatic rings. The molecule has 2 radical (unpaired) electrons. The average molecular weight is 1050 g/mol. The van der Waals surface area contributed by atoms with Gasteiger partial charge >= 0.3 is 34.1 Å². The minimum atomic E-state index is -1.24. The number of aliphatic imine (C=N–C) groups is 2. The van der Waals surface area contributed by atoms with Crippen LogP contribution in [0.2, 0.25) is 0 Å². The molecule has 0 bridgehead atoms. The topological polar surface area (TPSA) is 284 Å². The number of aromatic nitrogens is 4. The van der Waals surface area contributed by atoms with E-state index in [2.05, 4.69) is 78.5 Å². The van der Waals surface area contributed by atoms with Crippen molar-refractivity contribution in [2.75, 3.05) is 14.2 Å². The first kappa shape index (κ1) is 61.0. The molecule has 0 saturated heterocycles. The molecular weight excluding hydrogens is 996 g/mol. The van der Waals surface area contributed by atoms with Gasteiger partial charge < -0.3 is 50.4 Å². The number of rotatable bonds is 12. The SMILES string of the molecule is COc1cccc(C=N[C@@H](CC(C)C)C(=O)[O-])c1[O-].COc1cccc(C=N[C@@H](CC(C)C)C(=O)[O-])c1[O-].O.O.[Cu+2].[Cu+2].c1cnc2c(c1)ccc1cccnc12.c1cnc2c(c1)ccc1cccnc12. The van der Waals surface area contributed by atoms with E-state index in [1.165, 1.54) is 26.6 Å². The van der Waals surface area contributed by atoms with E-state index >= 15 is 0 Å².